The van der Waals surface area contributed by atoms with Gasteiger partial charge in [-0.2, -0.15) is 0 Å². The van der Waals surface area contributed by atoms with Crippen LogP contribution in [0.5, 0.6) is 0 Å². The first kappa shape index (κ1) is 11.1. The minimum atomic E-state index is 0.569. The van der Waals surface area contributed by atoms with Gasteiger partial charge in [-0.1, -0.05) is 42.5 Å². The zero-order chi connectivity index (χ0) is 12.5. The lowest BCUT2D eigenvalue weighted by Gasteiger charge is -2.08. The molecule has 2 nitrogen and oxygen atoms in total. The van der Waals surface area contributed by atoms with Gasteiger partial charge in [-0.15, -0.1) is 0 Å². The van der Waals surface area contributed by atoms with Crippen LogP contribution in [0.15, 0.2) is 42.5 Å². The highest BCUT2D eigenvalue weighted by Gasteiger charge is 2.17. The maximum atomic E-state index is 6.02. The molecule has 0 radical (unpaired) electrons. The van der Waals surface area contributed by atoms with Gasteiger partial charge in [0.1, 0.15) is 0 Å². The highest BCUT2D eigenvalue weighted by molar-refractivity contribution is 5.91. The van der Waals surface area contributed by atoms with Gasteiger partial charge in [-0.25, -0.2) is 0 Å². The lowest BCUT2D eigenvalue weighted by molar-refractivity contribution is 1.06. The van der Waals surface area contributed by atoms with Crippen molar-refractivity contribution in [2.75, 3.05) is 5.73 Å². The molecular weight excluding hydrogens is 220 g/mol. The van der Waals surface area contributed by atoms with E-state index >= 15 is 0 Å². The van der Waals surface area contributed by atoms with Crippen molar-refractivity contribution in [3.05, 3.63) is 64.7 Å². The number of rotatable bonds is 2. The van der Waals surface area contributed by atoms with E-state index < -0.39 is 0 Å². The third-order valence-electron chi connectivity index (χ3n) is 3.53. The maximum Gasteiger partial charge on any atom is 0.0356 e. The maximum absolute atomic E-state index is 6.02. The second-order valence-electron chi connectivity index (χ2n) is 4.62. The second-order valence-corrected chi connectivity index (χ2v) is 4.62. The molecule has 2 aromatic rings. The van der Waals surface area contributed by atoms with E-state index in [4.69, 9.17) is 11.5 Å². The predicted molar refractivity (Wildman–Crippen MR) is 76.8 cm³/mol. The Morgan fingerprint density at radius 3 is 2.61 bits per heavy atom. The lowest BCUT2D eigenvalue weighted by Crippen LogP contribution is -2.01. The summed E-state index contributed by atoms with van der Waals surface area (Å²) in [5.41, 5.74) is 18.9. The van der Waals surface area contributed by atoms with E-state index in [9.17, 15) is 0 Å². The van der Waals surface area contributed by atoms with Gasteiger partial charge in [0.05, 0.1) is 0 Å². The summed E-state index contributed by atoms with van der Waals surface area (Å²) in [6.45, 7) is 0.569. The number of benzene rings is 2. The Bertz CT molecular complexity index is 627. The van der Waals surface area contributed by atoms with Crippen LogP contribution in [-0.4, -0.2) is 0 Å². The number of allylic oxidation sites excluding steroid dienone is 1. The third kappa shape index (κ3) is 1.71. The first-order valence-electron chi connectivity index (χ1n) is 6.16. The highest BCUT2D eigenvalue weighted by atomic mass is 14.6. The van der Waals surface area contributed by atoms with Gasteiger partial charge in [0.2, 0.25) is 0 Å². The van der Waals surface area contributed by atoms with Crippen LogP contribution in [0.25, 0.3) is 11.6 Å². The van der Waals surface area contributed by atoms with Crippen LogP contribution in [0.4, 0.5) is 5.69 Å². The van der Waals surface area contributed by atoms with Gasteiger partial charge in [-0.3, -0.25) is 0 Å². The summed E-state index contributed by atoms with van der Waals surface area (Å²) in [5, 5.41) is 0. The fourth-order valence-corrected chi connectivity index (χ4v) is 2.58. The van der Waals surface area contributed by atoms with E-state index in [-0.39, 0.29) is 0 Å². The van der Waals surface area contributed by atoms with E-state index in [1.165, 1.54) is 27.8 Å². The summed E-state index contributed by atoms with van der Waals surface area (Å²) in [5.74, 6) is 0. The fraction of sp³-hybridized carbons (Fsp3) is 0.125. The summed E-state index contributed by atoms with van der Waals surface area (Å²) < 4.78 is 0. The summed E-state index contributed by atoms with van der Waals surface area (Å²) >= 11 is 0. The van der Waals surface area contributed by atoms with Crippen LogP contribution in [0.3, 0.4) is 0 Å². The van der Waals surface area contributed by atoms with E-state index in [1.54, 1.807) is 0 Å². The lowest BCUT2D eigenvalue weighted by atomic mass is 9.98. The average molecular weight is 236 g/mol. The van der Waals surface area contributed by atoms with E-state index in [0.717, 1.165) is 12.1 Å². The molecule has 0 saturated heterocycles. The number of hydrogen-bond acceptors (Lipinski definition) is 2. The van der Waals surface area contributed by atoms with E-state index in [0.29, 0.717) is 6.54 Å². The van der Waals surface area contributed by atoms with Gasteiger partial charge >= 0.3 is 0 Å². The van der Waals surface area contributed by atoms with Crippen LogP contribution in [0.2, 0.25) is 0 Å². The number of nitrogen functional groups attached to an aromatic ring is 1. The standard InChI is InChI=1S/C16H16N2/c17-10-12-4-1-2-6-14(12)13-8-11-5-3-7-16(18)15(11)9-13/h1-8H,9-10,17-18H2. The molecule has 1 aliphatic rings. The van der Waals surface area contributed by atoms with E-state index in [1.807, 2.05) is 18.2 Å². The van der Waals surface area contributed by atoms with Crippen molar-refractivity contribution in [1.82, 2.24) is 0 Å². The van der Waals surface area contributed by atoms with Gasteiger partial charge in [-0.05, 0) is 33.9 Å². The molecule has 0 amide bonds. The summed E-state index contributed by atoms with van der Waals surface area (Å²) in [6.07, 6.45) is 3.12. The molecule has 0 atom stereocenters. The summed E-state index contributed by atoms with van der Waals surface area (Å²) in [6, 6.07) is 14.4. The van der Waals surface area contributed by atoms with Crippen LogP contribution in [0, 0.1) is 0 Å². The normalized spacial score (nSPS) is 13.3. The molecule has 0 fully saturated rings. The SMILES string of the molecule is NCc1ccccc1C1=Cc2cccc(N)c2C1. The Balaban J connectivity index is 2.05. The molecule has 0 saturated carbocycles. The number of nitrogens with two attached hydrogens (primary N) is 2. The van der Waals surface area contributed by atoms with Crippen molar-refractivity contribution in [2.24, 2.45) is 5.73 Å². The molecular formula is C16H16N2. The van der Waals surface area contributed by atoms with Crippen molar-refractivity contribution in [1.29, 1.82) is 0 Å². The van der Waals surface area contributed by atoms with Crippen molar-refractivity contribution in [3.63, 3.8) is 0 Å². The molecule has 0 unspecified atom stereocenters. The zero-order valence-corrected chi connectivity index (χ0v) is 10.2. The van der Waals surface area contributed by atoms with Crippen molar-refractivity contribution in [2.45, 2.75) is 13.0 Å². The molecule has 0 aromatic heterocycles. The Kier molecular flexibility index (Phi) is 2.65. The fourth-order valence-electron chi connectivity index (χ4n) is 2.58. The Labute approximate surface area is 107 Å². The first-order valence-corrected chi connectivity index (χ1v) is 6.16. The van der Waals surface area contributed by atoms with Gasteiger partial charge < -0.3 is 11.5 Å². The van der Waals surface area contributed by atoms with E-state index in [2.05, 4.69) is 30.3 Å². The summed E-state index contributed by atoms with van der Waals surface area (Å²) in [7, 11) is 0. The van der Waals surface area contributed by atoms with Crippen LogP contribution in [-0.2, 0) is 13.0 Å². The van der Waals surface area contributed by atoms with Gasteiger partial charge in [0, 0.05) is 18.7 Å². The van der Waals surface area contributed by atoms with Crippen LogP contribution < -0.4 is 11.5 Å². The molecule has 90 valence electrons. The number of hydrogen-bond donors (Lipinski definition) is 2. The predicted octanol–water partition coefficient (Wildman–Crippen LogP) is 2.82. The molecule has 2 aromatic carbocycles. The molecule has 2 heteroatoms. The Hall–Kier alpha value is -2.06. The van der Waals surface area contributed by atoms with Crippen molar-refractivity contribution < 1.29 is 0 Å². The van der Waals surface area contributed by atoms with Gasteiger partial charge in [0.25, 0.3) is 0 Å². The average Bonchev–Trinajstić information content (AvgIpc) is 2.84. The Morgan fingerprint density at radius 2 is 1.83 bits per heavy atom. The molecule has 0 heterocycles. The number of anilines is 1. The molecule has 0 aliphatic heterocycles. The van der Waals surface area contributed by atoms with Crippen LogP contribution in [0.1, 0.15) is 22.3 Å². The van der Waals surface area contributed by atoms with Crippen molar-refractivity contribution >= 4 is 17.3 Å². The quantitative estimate of drug-likeness (QED) is 0.788. The molecule has 0 spiro atoms. The number of fused-ring (bicyclic) bond motifs is 1. The minimum absolute atomic E-state index is 0.569. The minimum Gasteiger partial charge on any atom is -0.398 e. The third-order valence-corrected chi connectivity index (χ3v) is 3.53. The van der Waals surface area contributed by atoms with Crippen molar-refractivity contribution in [3.8, 4) is 0 Å². The largest absolute Gasteiger partial charge is 0.398 e. The Morgan fingerprint density at radius 1 is 1.00 bits per heavy atom. The summed E-state index contributed by atoms with van der Waals surface area (Å²) in [4.78, 5) is 0. The van der Waals surface area contributed by atoms with Gasteiger partial charge in [0.15, 0.2) is 0 Å². The smallest absolute Gasteiger partial charge is 0.0356 e. The van der Waals surface area contributed by atoms with Crippen LogP contribution >= 0.6 is 0 Å². The second kappa shape index (κ2) is 4.31. The topological polar surface area (TPSA) is 52.0 Å². The monoisotopic (exact) mass is 236 g/mol. The molecule has 1 aliphatic carbocycles. The molecule has 0 bridgehead atoms. The first-order chi connectivity index (χ1) is 8.79. The molecule has 4 N–H and O–H groups in total. The molecule has 18 heavy (non-hydrogen) atoms. The molecule has 3 rings (SSSR count). The highest BCUT2D eigenvalue weighted by Crippen LogP contribution is 2.35. The zero-order valence-electron chi connectivity index (χ0n) is 10.2.